The van der Waals surface area contributed by atoms with Crippen LogP contribution in [0.3, 0.4) is 0 Å². The first-order chi connectivity index (χ1) is 16.5. The quantitative estimate of drug-likeness (QED) is 0.390. The Balaban J connectivity index is 1.54. The molecule has 9 heteroatoms. The summed E-state index contributed by atoms with van der Waals surface area (Å²) in [7, 11) is 0. The highest BCUT2D eigenvalue weighted by atomic mass is 32.1. The Morgan fingerprint density at radius 2 is 1.68 bits per heavy atom. The number of nitrogens with zero attached hydrogens (tertiary/aromatic N) is 2. The van der Waals surface area contributed by atoms with Gasteiger partial charge in [-0.15, -0.1) is 11.3 Å². The van der Waals surface area contributed by atoms with Crippen LogP contribution < -0.4 is 5.32 Å². The van der Waals surface area contributed by atoms with Gasteiger partial charge in [0.2, 0.25) is 5.91 Å². The highest BCUT2D eigenvalue weighted by molar-refractivity contribution is 7.14. The molecule has 0 saturated carbocycles. The van der Waals surface area contributed by atoms with Crippen molar-refractivity contribution in [3.63, 3.8) is 0 Å². The molecule has 1 aliphatic heterocycles. The van der Waals surface area contributed by atoms with Crippen molar-refractivity contribution >= 4 is 40.2 Å². The van der Waals surface area contributed by atoms with Gasteiger partial charge in [0.1, 0.15) is 17.6 Å². The Labute approximate surface area is 200 Å². The molecule has 174 valence electrons. The number of benzene rings is 2. The number of hydrogen-bond donors (Lipinski definition) is 1. The van der Waals surface area contributed by atoms with E-state index in [1.807, 2.05) is 36.4 Å². The van der Waals surface area contributed by atoms with E-state index in [9.17, 15) is 19.2 Å². The Kier molecular flexibility index (Phi) is 7.03. The standard InChI is InChI=1S/C25H23N3O5S/c1-2-33-24(31)19-13-14-34-22(19)26-20(29)16-28-23(30)21(18-11-7-4-8-12-18)27(25(28)32)15-17-9-5-3-6-10-17/h3-14,21H,2,15-16H2,1H3,(H,26,29). The molecule has 0 radical (unpaired) electrons. The largest absolute Gasteiger partial charge is 0.462 e. The number of anilines is 1. The summed E-state index contributed by atoms with van der Waals surface area (Å²) >= 11 is 1.16. The van der Waals surface area contributed by atoms with Crippen LogP contribution in [0.15, 0.2) is 72.1 Å². The number of thiophene rings is 1. The molecule has 8 nitrogen and oxygen atoms in total. The third kappa shape index (κ3) is 4.84. The monoisotopic (exact) mass is 477 g/mol. The summed E-state index contributed by atoms with van der Waals surface area (Å²) in [6, 6.07) is 18.5. The summed E-state index contributed by atoms with van der Waals surface area (Å²) in [6.45, 7) is 1.65. The van der Waals surface area contributed by atoms with E-state index in [4.69, 9.17) is 4.74 Å². The summed E-state index contributed by atoms with van der Waals surface area (Å²) in [5.41, 5.74) is 1.77. The molecule has 0 spiro atoms. The average molecular weight is 478 g/mol. The molecule has 1 unspecified atom stereocenters. The van der Waals surface area contributed by atoms with Crippen LogP contribution in [0.4, 0.5) is 9.80 Å². The molecular formula is C25H23N3O5S. The van der Waals surface area contributed by atoms with E-state index in [0.29, 0.717) is 10.6 Å². The summed E-state index contributed by atoms with van der Waals surface area (Å²) in [4.78, 5) is 53.9. The molecule has 1 fully saturated rings. The first kappa shape index (κ1) is 23.2. The molecule has 2 aromatic carbocycles. The highest BCUT2D eigenvalue weighted by Gasteiger charge is 2.46. The predicted molar refractivity (Wildman–Crippen MR) is 127 cm³/mol. The lowest BCUT2D eigenvalue weighted by atomic mass is 10.1. The van der Waals surface area contributed by atoms with Gasteiger partial charge in [-0.2, -0.15) is 0 Å². The van der Waals surface area contributed by atoms with E-state index in [1.54, 1.807) is 42.6 Å². The van der Waals surface area contributed by atoms with Gasteiger partial charge in [-0.25, -0.2) is 9.59 Å². The van der Waals surface area contributed by atoms with Gasteiger partial charge in [-0.3, -0.25) is 14.5 Å². The lowest BCUT2D eigenvalue weighted by molar-refractivity contribution is -0.131. The number of rotatable bonds is 8. The molecule has 3 aromatic rings. The maximum Gasteiger partial charge on any atom is 0.341 e. The van der Waals surface area contributed by atoms with E-state index in [1.165, 1.54) is 4.90 Å². The first-order valence-electron chi connectivity index (χ1n) is 10.7. The zero-order valence-corrected chi connectivity index (χ0v) is 19.3. The number of nitrogens with one attached hydrogen (secondary N) is 1. The molecule has 34 heavy (non-hydrogen) atoms. The molecule has 0 aliphatic carbocycles. The van der Waals surface area contributed by atoms with Crippen LogP contribution in [0.1, 0.15) is 34.5 Å². The number of hydrogen-bond acceptors (Lipinski definition) is 6. The molecule has 1 saturated heterocycles. The molecule has 1 aliphatic rings. The summed E-state index contributed by atoms with van der Waals surface area (Å²) in [5.74, 6) is -1.60. The summed E-state index contributed by atoms with van der Waals surface area (Å²) < 4.78 is 5.00. The van der Waals surface area contributed by atoms with E-state index < -0.39 is 36.4 Å². The maximum atomic E-state index is 13.3. The lowest BCUT2D eigenvalue weighted by Crippen LogP contribution is -2.38. The Hall–Kier alpha value is -3.98. The number of ether oxygens (including phenoxy) is 1. The van der Waals surface area contributed by atoms with Crippen molar-refractivity contribution in [3.05, 3.63) is 88.8 Å². The van der Waals surface area contributed by atoms with Crippen LogP contribution in [0.2, 0.25) is 0 Å². The van der Waals surface area contributed by atoms with Crippen LogP contribution in [-0.4, -0.2) is 46.8 Å². The molecule has 1 N–H and O–H groups in total. The Morgan fingerprint density at radius 3 is 2.35 bits per heavy atom. The van der Waals surface area contributed by atoms with E-state index in [0.717, 1.165) is 21.8 Å². The van der Waals surface area contributed by atoms with Crippen molar-refractivity contribution in [2.45, 2.75) is 19.5 Å². The fourth-order valence-corrected chi connectivity index (χ4v) is 4.56. The molecule has 4 amide bonds. The Morgan fingerprint density at radius 1 is 1.00 bits per heavy atom. The SMILES string of the molecule is CCOC(=O)c1ccsc1NC(=O)CN1C(=O)C(c2ccccc2)N(Cc2ccccc2)C1=O. The van der Waals surface area contributed by atoms with Crippen LogP contribution in [0.25, 0.3) is 0 Å². The van der Waals surface area contributed by atoms with Gasteiger partial charge in [-0.1, -0.05) is 60.7 Å². The minimum absolute atomic E-state index is 0.205. The summed E-state index contributed by atoms with van der Waals surface area (Å²) in [5, 5.41) is 4.59. The maximum absolute atomic E-state index is 13.3. The van der Waals surface area contributed by atoms with Gasteiger partial charge < -0.3 is 15.0 Å². The van der Waals surface area contributed by atoms with Gasteiger partial charge in [0.25, 0.3) is 5.91 Å². The first-order valence-corrected chi connectivity index (χ1v) is 11.6. The average Bonchev–Trinajstić information content (AvgIpc) is 3.39. The molecule has 2 heterocycles. The second-order valence-electron chi connectivity index (χ2n) is 7.57. The third-order valence-corrected chi connectivity index (χ3v) is 6.14. The number of amides is 4. The van der Waals surface area contributed by atoms with E-state index in [-0.39, 0.29) is 18.7 Å². The highest BCUT2D eigenvalue weighted by Crippen LogP contribution is 2.32. The number of carbonyl (C=O) groups is 4. The smallest absolute Gasteiger partial charge is 0.341 e. The summed E-state index contributed by atoms with van der Waals surface area (Å²) in [6.07, 6.45) is 0. The van der Waals surface area contributed by atoms with Crippen molar-refractivity contribution in [1.29, 1.82) is 0 Å². The van der Waals surface area contributed by atoms with Crippen LogP contribution >= 0.6 is 11.3 Å². The Bertz CT molecular complexity index is 1200. The number of esters is 1. The minimum Gasteiger partial charge on any atom is -0.462 e. The molecular weight excluding hydrogens is 454 g/mol. The van der Waals surface area contributed by atoms with Gasteiger partial charge >= 0.3 is 12.0 Å². The van der Waals surface area contributed by atoms with E-state index in [2.05, 4.69) is 5.32 Å². The van der Waals surface area contributed by atoms with Gasteiger partial charge in [0.15, 0.2) is 0 Å². The van der Waals surface area contributed by atoms with Gasteiger partial charge in [0.05, 0.1) is 12.2 Å². The van der Waals surface area contributed by atoms with Gasteiger partial charge in [0, 0.05) is 6.54 Å². The zero-order chi connectivity index (χ0) is 24.1. The van der Waals surface area contributed by atoms with Crippen molar-refractivity contribution in [3.8, 4) is 0 Å². The molecule has 1 atom stereocenters. The van der Waals surface area contributed by atoms with Crippen molar-refractivity contribution in [1.82, 2.24) is 9.80 Å². The lowest BCUT2D eigenvalue weighted by Gasteiger charge is -2.22. The molecule has 4 rings (SSSR count). The van der Waals surface area contributed by atoms with Crippen molar-refractivity contribution in [2.75, 3.05) is 18.5 Å². The van der Waals surface area contributed by atoms with Crippen LogP contribution in [0, 0.1) is 0 Å². The van der Waals surface area contributed by atoms with Crippen LogP contribution in [0.5, 0.6) is 0 Å². The zero-order valence-electron chi connectivity index (χ0n) is 18.5. The molecule has 1 aromatic heterocycles. The fraction of sp³-hybridized carbons (Fsp3) is 0.200. The predicted octanol–water partition coefficient (Wildman–Crippen LogP) is 4.07. The normalized spacial score (nSPS) is 15.5. The minimum atomic E-state index is -0.835. The fourth-order valence-electron chi connectivity index (χ4n) is 3.77. The van der Waals surface area contributed by atoms with Crippen LogP contribution in [-0.2, 0) is 20.9 Å². The van der Waals surface area contributed by atoms with Gasteiger partial charge in [-0.05, 0) is 29.5 Å². The van der Waals surface area contributed by atoms with Crippen molar-refractivity contribution in [2.24, 2.45) is 0 Å². The number of urea groups is 1. The second kappa shape index (κ2) is 10.3. The number of imide groups is 1. The second-order valence-corrected chi connectivity index (χ2v) is 8.48. The third-order valence-electron chi connectivity index (χ3n) is 5.31. The van der Waals surface area contributed by atoms with Crippen molar-refractivity contribution < 1.29 is 23.9 Å². The number of carbonyl (C=O) groups excluding carboxylic acids is 4. The van der Waals surface area contributed by atoms with E-state index >= 15 is 0 Å². The topological polar surface area (TPSA) is 96.0 Å². The molecule has 0 bridgehead atoms.